The van der Waals surface area contributed by atoms with Gasteiger partial charge in [0.25, 0.3) is 0 Å². The van der Waals surface area contributed by atoms with E-state index >= 15 is 0 Å². The lowest BCUT2D eigenvalue weighted by molar-refractivity contribution is -0.00739. The lowest BCUT2D eigenvalue weighted by Gasteiger charge is -2.34. The summed E-state index contributed by atoms with van der Waals surface area (Å²) in [5.41, 5.74) is 1.11. The van der Waals surface area contributed by atoms with Crippen molar-refractivity contribution in [2.45, 2.75) is 57.0 Å². The minimum atomic E-state index is -0.551. The normalized spacial score (nSPS) is 24.5. The lowest BCUT2D eigenvalue weighted by atomic mass is 10.0. The van der Waals surface area contributed by atoms with Gasteiger partial charge in [-0.3, -0.25) is 4.90 Å². The number of ether oxygens (including phenoxy) is 2. The van der Waals surface area contributed by atoms with Crippen LogP contribution in [0, 0.1) is 0 Å². The number of aliphatic hydroxyl groups is 1. The Hall–Kier alpha value is -1.80. The number of likely N-dealkylation sites (tertiary alicyclic amines) is 1. The molecule has 3 heterocycles. The third-order valence-corrected chi connectivity index (χ3v) is 5.43. The quantitative estimate of drug-likeness (QED) is 0.746. The number of hydrogen-bond donors (Lipinski definition) is 1. The molecule has 7 nitrogen and oxygen atoms in total. The van der Waals surface area contributed by atoms with E-state index in [0.717, 1.165) is 50.8 Å². The van der Waals surface area contributed by atoms with Crippen molar-refractivity contribution in [3.05, 3.63) is 47.7 Å². The first kappa shape index (κ1) is 19.5. The summed E-state index contributed by atoms with van der Waals surface area (Å²) in [5, 5.41) is 19.0. The highest BCUT2D eigenvalue weighted by Gasteiger charge is 2.31. The average Bonchev–Trinajstić information content (AvgIpc) is 3.41. The van der Waals surface area contributed by atoms with E-state index in [2.05, 4.69) is 15.1 Å². The molecule has 0 saturated carbocycles. The van der Waals surface area contributed by atoms with Crippen LogP contribution < -0.4 is 0 Å². The summed E-state index contributed by atoms with van der Waals surface area (Å²) in [5.74, 6) is 1.23. The van der Waals surface area contributed by atoms with Gasteiger partial charge in [-0.05, 0) is 37.8 Å². The van der Waals surface area contributed by atoms with Crippen LogP contribution in [0.2, 0.25) is 0 Å². The number of hydrogen-bond acceptors (Lipinski definition) is 7. The fourth-order valence-corrected chi connectivity index (χ4v) is 3.98. The maximum atomic E-state index is 10.5. The Morgan fingerprint density at radius 1 is 1.11 bits per heavy atom. The number of piperidine rings is 1. The number of β-amino-alcohol motifs (C(OH)–C–C–N with tert-alkyl or cyclic N) is 1. The van der Waals surface area contributed by atoms with E-state index < -0.39 is 6.10 Å². The lowest BCUT2D eigenvalue weighted by Crippen LogP contribution is -2.40. The molecule has 152 valence electrons. The van der Waals surface area contributed by atoms with Gasteiger partial charge in [0.15, 0.2) is 0 Å². The van der Waals surface area contributed by atoms with Crippen molar-refractivity contribution in [2.24, 2.45) is 0 Å². The second kappa shape index (κ2) is 9.60. The highest BCUT2D eigenvalue weighted by Crippen LogP contribution is 2.33. The van der Waals surface area contributed by atoms with Gasteiger partial charge >= 0.3 is 0 Å². The van der Waals surface area contributed by atoms with Crippen LogP contribution in [0.5, 0.6) is 0 Å². The van der Waals surface area contributed by atoms with Gasteiger partial charge in [-0.15, -0.1) is 10.2 Å². The molecule has 2 saturated heterocycles. The molecule has 2 fully saturated rings. The van der Waals surface area contributed by atoms with Crippen LogP contribution in [0.1, 0.15) is 61.6 Å². The van der Waals surface area contributed by atoms with E-state index in [0.29, 0.717) is 31.5 Å². The molecule has 0 spiro atoms. The standard InChI is InChI=1S/C21H29N3O4/c25-17(15-26-14-16-7-2-1-3-8-16)13-24-11-5-4-9-18(24)20-22-23-21(28-20)19-10-6-12-27-19/h1-3,7-8,17-19,25H,4-6,9-15H2/t17-,18+,19+/m0/s1. The summed E-state index contributed by atoms with van der Waals surface area (Å²) < 4.78 is 17.3. The van der Waals surface area contributed by atoms with Crippen molar-refractivity contribution >= 4 is 0 Å². The summed E-state index contributed by atoms with van der Waals surface area (Å²) in [6, 6.07) is 10.1. The molecular weight excluding hydrogens is 358 g/mol. The Bertz CT molecular complexity index is 717. The molecule has 0 amide bonds. The Morgan fingerprint density at radius 2 is 1.96 bits per heavy atom. The molecule has 28 heavy (non-hydrogen) atoms. The highest BCUT2D eigenvalue weighted by molar-refractivity contribution is 5.13. The molecule has 1 N–H and O–H groups in total. The fourth-order valence-electron chi connectivity index (χ4n) is 3.98. The van der Waals surface area contributed by atoms with E-state index in [9.17, 15) is 5.11 Å². The van der Waals surface area contributed by atoms with Crippen LogP contribution in [0.25, 0.3) is 0 Å². The van der Waals surface area contributed by atoms with Crippen LogP contribution in [0.15, 0.2) is 34.7 Å². The summed E-state index contributed by atoms with van der Waals surface area (Å²) in [4.78, 5) is 2.24. The molecule has 3 atom stereocenters. The van der Waals surface area contributed by atoms with Crippen molar-refractivity contribution in [3.63, 3.8) is 0 Å². The number of nitrogens with zero attached hydrogens (tertiary/aromatic N) is 3. The SMILES string of the molecule is O[C@H](COCc1ccccc1)CN1CCCC[C@@H]1c1nnc([C@H]2CCCO2)o1. The molecule has 2 aliphatic heterocycles. The molecule has 7 heteroatoms. The number of rotatable bonds is 8. The topological polar surface area (TPSA) is 80.9 Å². The molecule has 0 bridgehead atoms. The third kappa shape index (κ3) is 4.97. The van der Waals surface area contributed by atoms with Gasteiger partial charge in [-0.25, -0.2) is 0 Å². The Morgan fingerprint density at radius 3 is 2.79 bits per heavy atom. The molecule has 0 aliphatic carbocycles. The van der Waals surface area contributed by atoms with Gasteiger partial charge in [0, 0.05) is 13.2 Å². The van der Waals surface area contributed by atoms with E-state index in [1.54, 1.807) is 0 Å². The molecule has 4 rings (SSSR count). The van der Waals surface area contributed by atoms with E-state index in [1.165, 1.54) is 0 Å². The first-order valence-electron chi connectivity index (χ1n) is 10.3. The van der Waals surface area contributed by atoms with Gasteiger partial charge in [0.05, 0.1) is 25.4 Å². The predicted molar refractivity (Wildman–Crippen MR) is 102 cm³/mol. The smallest absolute Gasteiger partial charge is 0.245 e. The molecule has 2 aliphatic rings. The summed E-state index contributed by atoms with van der Waals surface area (Å²) in [7, 11) is 0. The zero-order valence-corrected chi connectivity index (χ0v) is 16.2. The van der Waals surface area contributed by atoms with Crippen LogP contribution in [-0.4, -0.2) is 52.6 Å². The van der Waals surface area contributed by atoms with Gasteiger partial charge in [-0.2, -0.15) is 0 Å². The predicted octanol–water partition coefficient (Wildman–Crippen LogP) is 3.03. The first-order valence-corrected chi connectivity index (χ1v) is 10.3. The number of aliphatic hydroxyl groups excluding tert-OH is 1. The second-order valence-electron chi connectivity index (χ2n) is 7.64. The second-order valence-corrected chi connectivity index (χ2v) is 7.64. The zero-order valence-electron chi connectivity index (χ0n) is 16.2. The van der Waals surface area contributed by atoms with E-state index in [1.807, 2.05) is 30.3 Å². The summed E-state index contributed by atoms with van der Waals surface area (Å²) in [6.45, 7) is 3.03. The maximum Gasteiger partial charge on any atom is 0.245 e. The largest absolute Gasteiger partial charge is 0.421 e. The van der Waals surface area contributed by atoms with Gasteiger partial charge in [0.1, 0.15) is 6.10 Å². The molecular formula is C21H29N3O4. The van der Waals surface area contributed by atoms with Crippen molar-refractivity contribution in [1.82, 2.24) is 15.1 Å². The molecule has 2 aromatic rings. The summed E-state index contributed by atoms with van der Waals surface area (Å²) >= 11 is 0. The third-order valence-electron chi connectivity index (χ3n) is 5.43. The van der Waals surface area contributed by atoms with Crippen LogP contribution in [-0.2, 0) is 16.1 Å². The van der Waals surface area contributed by atoms with Gasteiger partial charge in [0.2, 0.25) is 11.8 Å². The molecule has 0 radical (unpaired) electrons. The van der Waals surface area contributed by atoms with Crippen LogP contribution in [0.4, 0.5) is 0 Å². The molecule has 1 aromatic heterocycles. The minimum absolute atomic E-state index is 0.0557. The Kier molecular flexibility index (Phi) is 6.69. The highest BCUT2D eigenvalue weighted by atomic mass is 16.5. The summed E-state index contributed by atoms with van der Waals surface area (Å²) in [6.07, 6.45) is 4.56. The maximum absolute atomic E-state index is 10.5. The zero-order chi connectivity index (χ0) is 19.2. The number of aromatic nitrogens is 2. The minimum Gasteiger partial charge on any atom is -0.421 e. The Labute approximate surface area is 165 Å². The Balaban J connectivity index is 1.30. The monoisotopic (exact) mass is 387 g/mol. The van der Waals surface area contributed by atoms with Crippen LogP contribution in [0.3, 0.4) is 0 Å². The van der Waals surface area contributed by atoms with E-state index in [-0.39, 0.29) is 12.1 Å². The molecule has 1 aromatic carbocycles. The van der Waals surface area contributed by atoms with Gasteiger partial charge in [-0.1, -0.05) is 36.8 Å². The molecule has 0 unspecified atom stereocenters. The number of benzene rings is 1. The first-order chi connectivity index (χ1) is 13.8. The van der Waals surface area contributed by atoms with Crippen molar-refractivity contribution in [3.8, 4) is 0 Å². The van der Waals surface area contributed by atoms with Crippen molar-refractivity contribution < 1.29 is 19.0 Å². The van der Waals surface area contributed by atoms with Crippen molar-refractivity contribution in [1.29, 1.82) is 0 Å². The van der Waals surface area contributed by atoms with Crippen molar-refractivity contribution in [2.75, 3.05) is 26.3 Å². The fraction of sp³-hybridized carbons (Fsp3) is 0.619. The van der Waals surface area contributed by atoms with Crippen LogP contribution >= 0.6 is 0 Å². The van der Waals surface area contributed by atoms with E-state index in [4.69, 9.17) is 13.9 Å². The van der Waals surface area contributed by atoms with Gasteiger partial charge < -0.3 is 19.0 Å². The average molecular weight is 387 g/mol.